The Kier molecular flexibility index (Phi) is 9.32. The average Bonchev–Trinajstić information content (AvgIpc) is 3.43. The normalized spacial score (nSPS) is 13.8. The smallest absolute Gasteiger partial charge is 0.407 e. The number of carboxylic acid groups (broad SMARTS) is 1. The summed E-state index contributed by atoms with van der Waals surface area (Å²) in [4.78, 5) is 29.6. The summed E-state index contributed by atoms with van der Waals surface area (Å²) < 4.78 is 13.5. The first-order valence-corrected chi connectivity index (χ1v) is 14.7. The van der Waals surface area contributed by atoms with Crippen LogP contribution in [0.2, 0.25) is 0 Å². The van der Waals surface area contributed by atoms with Gasteiger partial charge in [-0.2, -0.15) is 5.10 Å². The number of likely N-dealkylation sites (tertiary alicyclic amines) is 1. The first-order chi connectivity index (χ1) is 21.1. The van der Waals surface area contributed by atoms with Crippen LogP contribution in [0.5, 0.6) is 17.2 Å². The Balaban J connectivity index is 1.19. The van der Waals surface area contributed by atoms with E-state index < -0.39 is 12.1 Å². The Bertz CT molecular complexity index is 1540. The fourth-order valence-electron chi connectivity index (χ4n) is 4.90. The Morgan fingerprint density at radius 1 is 0.955 bits per heavy atom. The van der Waals surface area contributed by atoms with Crippen LogP contribution in [0.25, 0.3) is 5.69 Å². The lowest BCUT2D eigenvalue weighted by Crippen LogP contribution is -2.37. The van der Waals surface area contributed by atoms with Crippen molar-refractivity contribution in [1.29, 1.82) is 0 Å². The highest BCUT2D eigenvalue weighted by Gasteiger charge is 2.23. The van der Waals surface area contributed by atoms with E-state index in [1.54, 1.807) is 47.4 Å². The van der Waals surface area contributed by atoms with Crippen molar-refractivity contribution < 1.29 is 24.2 Å². The van der Waals surface area contributed by atoms with E-state index in [1.807, 2.05) is 36.4 Å². The third kappa shape index (κ3) is 8.06. The van der Waals surface area contributed by atoms with Gasteiger partial charge in [0, 0.05) is 36.5 Å². The number of urea groups is 1. The molecule has 0 spiro atoms. The van der Waals surface area contributed by atoms with Crippen LogP contribution in [0.3, 0.4) is 0 Å². The summed E-state index contributed by atoms with van der Waals surface area (Å²) in [6.07, 6.45) is 5.07. The Hall–Kier alpha value is -5.06. The maximum absolute atomic E-state index is 13.0. The van der Waals surface area contributed by atoms with Crippen LogP contribution in [-0.4, -0.2) is 56.6 Å². The minimum absolute atomic E-state index is 0.230. The Morgan fingerprint density at radius 3 is 2.30 bits per heavy atom. The molecule has 0 bridgehead atoms. The molecule has 3 amide bonds. The lowest BCUT2D eigenvalue weighted by molar-refractivity contribution is 0.119. The third-order valence-corrected chi connectivity index (χ3v) is 7.46. The number of anilines is 2. The molecule has 230 valence electrons. The number of nitrogens with zero attached hydrogens (tertiary/aromatic N) is 4. The fraction of sp³-hybridized carbons (Fsp3) is 0.333. The number of hydrogen-bond acceptors (Lipinski definition) is 6. The maximum atomic E-state index is 13.0. The standard InChI is InChI=1S/C33H38N6O5/c1-33(2,3)29-21-30(36-31(40)35-24-6-10-27(11-7-24)44-28-5-4-17-34-22-28)39(37-29)25-8-12-26(13-9-25)43-20-16-23-14-18-38(19-15-23)32(41)42/h4-13,17,21-23H,14-16,18-20H2,1-3H3,(H,41,42)(H2,35,36,40). The molecule has 0 radical (unpaired) electrons. The topological polar surface area (TPSA) is 131 Å². The lowest BCUT2D eigenvalue weighted by atomic mass is 9.92. The van der Waals surface area contributed by atoms with E-state index in [-0.39, 0.29) is 5.41 Å². The molecule has 5 rings (SSSR count). The second kappa shape index (κ2) is 13.5. The van der Waals surface area contributed by atoms with Gasteiger partial charge in [-0.05, 0) is 85.8 Å². The number of hydrogen-bond donors (Lipinski definition) is 3. The molecule has 11 nitrogen and oxygen atoms in total. The summed E-state index contributed by atoms with van der Waals surface area (Å²) in [7, 11) is 0. The van der Waals surface area contributed by atoms with Gasteiger partial charge in [-0.3, -0.25) is 10.3 Å². The first-order valence-electron chi connectivity index (χ1n) is 14.7. The number of benzene rings is 2. The van der Waals surface area contributed by atoms with Crippen LogP contribution >= 0.6 is 0 Å². The van der Waals surface area contributed by atoms with Crippen LogP contribution in [0.4, 0.5) is 21.1 Å². The minimum atomic E-state index is -0.844. The summed E-state index contributed by atoms with van der Waals surface area (Å²) in [5.41, 5.74) is 1.99. The quantitative estimate of drug-likeness (QED) is 0.186. The molecule has 0 atom stereocenters. The summed E-state index contributed by atoms with van der Waals surface area (Å²) in [6, 6.07) is 19.8. The van der Waals surface area contributed by atoms with E-state index in [0.717, 1.165) is 36.4 Å². The van der Waals surface area contributed by atoms with Gasteiger partial charge in [0.25, 0.3) is 0 Å². The summed E-state index contributed by atoms with van der Waals surface area (Å²) in [5.74, 6) is 2.99. The average molecular weight is 599 g/mol. The Labute approximate surface area is 256 Å². The molecule has 1 aliphatic heterocycles. The number of nitrogens with one attached hydrogen (secondary N) is 2. The number of ether oxygens (including phenoxy) is 2. The zero-order chi connectivity index (χ0) is 31.1. The summed E-state index contributed by atoms with van der Waals surface area (Å²) in [6.45, 7) is 7.94. The molecule has 1 fully saturated rings. The van der Waals surface area contributed by atoms with E-state index >= 15 is 0 Å². The van der Waals surface area contributed by atoms with Crippen LogP contribution in [-0.2, 0) is 5.41 Å². The summed E-state index contributed by atoms with van der Waals surface area (Å²) >= 11 is 0. The molecule has 2 aromatic heterocycles. The highest BCUT2D eigenvalue weighted by atomic mass is 16.5. The van der Waals surface area contributed by atoms with Crippen molar-refractivity contribution >= 4 is 23.6 Å². The number of aromatic nitrogens is 3. The highest BCUT2D eigenvalue weighted by Crippen LogP contribution is 2.28. The molecule has 3 N–H and O–H groups in total. The largest absolute Gasteiger partial charge is 0.494 e. The van der Waals surface area contributed by atoms with Gasteiger partial charge in [0.15, 0.2) is 0 Å². The monoisotopic (exact) mass is 598 g/mol. The number of amides is 3. The molecule has 1 aliphatic rings. The predicted octanol–water partition coefficient (Wildman–Crippen LogP) is 7.16. The van der Waals surface area contributed by atoms with Crippen LogP contribution in [0.15, 0.2) is 79.1 Å². The van der Waals surface area contributed by atoms with Gasteiger partial charge in [0.1, 0.15) is 23.1 Å². The van der Waals surface area contributed by atoms with E-state index in [0.29, 0.717) is 48.6 Å². The van der Waals surface area contributed by atoms with Crippen LogP contribution in [0.1, 0.15) is 45.7 Å². The summed E-state index contributed by atoms with van der Waals surface area (Å²) in [5, 5.41) is 19.7. The molecule has 0 saturated carbocycles. The van der Waals surface area contributed by atoms with Crippen molar-refractivity contribution in [3.63, 3.8) is 0 Å². The molecule has 2 aromatic carbocycles. The van der Waals surface area contributed by atoms with Gasteiger partial charge in [0.05, 0.1) is 24.2 Å². The van der Waals surface area contributed by atoms with E-state index in [2.05, 4.69) is 36.4 Å². The van der Waals surface area contributed by atoms with Crippen LogP contribution < -0.4 is 20.1 Å². The minimum Gasteiger partial charge on any atom is -0.494 e. The first kappa shape index (κ1) is 30.4. The molecule has 44 heavy (non-hydrogen) atoms. The molecule has 0 unspecified atom stereocenters. The number of carbonyl (C=O) groups excluding carboxylic acids is 1. The lowest BCUT2D eigenvalue weighted by Gasteiger charge is -2.29. The zero-order valence-electron chi connectivity index (χ0n) is 25.2. The van der Waals surface area contributed by atoms with E-state index in [9.17, 15) is 9.59 Å². The number of carbonyl (C=O) groups is 2. The van der Waals surface area contributed by atoms with Gasteiger partial charge in [-0.15, -0.1) is 0 Å². The van der Waals surface area contributed by atoms with Gasteiger partial charge >= 0.3 is 12.1 Å². The predicted molar refractivity (Wildman–Crippen MR) is 168 cm³/mol. The number of piperidine rings is 1. The highest BCUT2D eigenvalue weighted by molar-refractivity contribution is 5.99. The SMILES string of the molecule is CC(C)(C)c1cc(NC(=O)Nc2ccc(Oc3cccnc3)cc2)n(-c2ccc(OCCC3CCN(C(=O)O)CC3)cc2)n1. The maximum Gasteiger partial charge on any atom is 0.407 e. The van der Waals surface area contributed by atoms with Crippen molar-refractivity contribution in [2.45, 2.75) is 45.4 Å². The number of pyridine rings is 1. The molecule has 4 aromatic rings. The van der Waals surface area contributed by atoms with Crippen molar-refractivity contribution in [3.05, 3.63) is 84.8 Å². The van der Waals surface area contributed by atoms with E-state index in [4.69, 9.17) is 19.7 Å². The van der Waals surface area contributed by atoms with Gasteiger partial charge in [0.2, 0.25) is 0 Å². The second-order valence-electron chi connectivity index (χ2n) is 11.8. The van der Waals surface area contributed by atoms with Crippen molar-refractivity contribution in [2.24, 2.45) is 5.92 Å². The van der Waals surface area contributed by atoms with Crippen molar-refractivity contribution in [2.75, 3.05) is 30.3 Å². The molecule has 11 heteroatoms. The van der Waals surface area contributed by atoms with Crippen LogP contribution in [0, 0.1) is 5.92 Å². The van der Waals surface area contributed by atoms with Gasteiger partial charge in [-0.1, -0.05) is 20.8 Å². The van der Waals surface area contributed by atoms with Gasteiger partial charge < -0.3 is 24.8 Å². The van der Waals surface area contributed by atoms with Crippen molar-refractivity contribution in [3.8, 4) is 22.9 Å². The Morgan fingerprint density at radius 2 is 1.66 bits per heavy atom. The fourth-order valence-corrected chi connectivity index (χ4v) is 4.90. The van der Waals surface area contributed by atoms with E-state index in [1.165, 1.54) is 4.90 Å². The van der Waals surface area contributed by atoms with Gasteiger partial charge in [-0.25, -0.2) is 14.3 Å². The molecular formula is C33H38N6O5. The zero-order valence-corrected chi connectivity index (χ0v) is 25.2. The van der Waals surface area contributed by atoms with Crippen molar-refractivity contribution in [1.82, 2.24) is 19.7 Å². The molecular weight excluding hydrogens is 560 g/mol. The molecule has 1 saturated heterocycles. The molecule has 3 heterocycles. The third-order valence-electron chi connectivity index (χ3n) is 7.46. The second-order valence-corrected chi connectivity index (χ2v) is 11.8. The number of rotatable bonds is 9. The molecule has 0 aliphatic carbocycles.